The van der Waals surface area contributed by atoms with Gasteiger partial charge in [0.2, 0.25) is 0 Å². The largest absolute Gasteiger partial charge is 0.394 e. The molecular formula is C15H31NO4. The van der Waals surface area contributed by atoms with Crippen molar-refractivity contribution in [3.8, 4) is 0 Å². The van der Waals surface area contributed by atoms with E-state index in [2.05, 4.69) is 18.7 Å². The molecule has 0 saturated carbocycles. The van der Waals surface area contributed by atoms with Crippen LogP contribution in [0.25, 0.3) is 0 Å². The van der Waals surface area contributed by atoms with Crippen LogP contribution in [-0.4, -0.2) is 74.9 Å². The lowest BCUT2D eigenvalue weighted by Gasteiger charge is -2.41. The normalized spacial score (nSPS) is 25.8. The monoisotopic (exact) mass is 289 g/mol. The third kappa shape index (κ3) is 6.99. The molecule has 1 N–H and O–H groups in total. The molecule has 1 heterocycles. The van der Waals surface area contributed by atoms with Gasteiger partial charge in [-0.3, -0.25) is 4.90 Å². The predicted molar refractivity (Wildman–Crippen MR) is 79.0 cm³/mol. The maximum atomic E-state index is 8.75. The Morgan fingerprint density at radius 2 is 2.20 bits per heavy atom. The van der Waals surface area contributed by atoms with Gasteiger partial charge >= 0.3 is 0 Å². The molecule has 0 aromatic rings. The fourth-order valence-electron chi connectivity index (χ4n) is 2.64. The zero-order chi connectivity index (χ0) is 14.8. The van der Waals surface area contributed by atoms with Crippen LogP contribution in [0.4, 0.5) is 0 Å². The van der Waals surface area contributed by atoms with E-state index in [0.29, 0.717) is 6.61 Å². The molecule has 0 radical (unpaired) electrons. The summed E-state index contributed by atoms with van der Waals surface area (Å²) in [5, 5.41) is 8.75. The number of ether oxygens (including phenoxy) is 3. The van der Waals surface area contributed by atoms with E-state index >= 15 is 0 Å². The van der Waals surface area contributed by atoms with E-state index in [0.717, 1.165) is 52.1 Å². The molecule has 1 aliphatic rings. The summed E-state index contributed by atoms with van der Waals surface area (Å²) in [5.74, 6) is 0. The second-order valence-electron chi connectivity index (χ2n) is 5.86. The lowest BCUT2D eigenvalue weighted by Crippen LogP contribution is -2.50. The van der Waals surface area contributed by atoms with Crippen LogP contribution in [-0.2, 0) is 14.2 Å². The fourth-order valence-corrected chi connectivity index (χ4v) is 2.64. The molecule has 0 spiro atoms. The lowest BCUT2D eigenvalue weighted by atomic mass is 9.96. The minimum absolute atomic E-state index is 0.0812. The van der Waals surface area contributed by atoms with Crippen molar-refractivity contribution in [2.75, 3.05) is 53.2 Å². The van der Waals surface area contributed by atoms with E-state index in [1.807, 2.05) is 0 Å². The van der Waals surface area contributed by atoms with E-state index in [-0.39, 0.29) is 18.3 Å². The van der Waals surface area contributed by atoms with Crippen molar-refractivity contribution in [2.45, 2.75) is 44.8 Å². The van der Waals surface area contributed by atoms with Crippen LogP contribution in [0.15, 0.2) is 0 Å². The van der Waals surface area contributed by atoms with Gasteiger partial charge in [0, 0.05) is 33.4 Å². The molecule has 0 aromatic heterocycles. The average Bonchev–Trinajstić information content (AvgIpc) is 2.43. The summed E-state index contributed by atoms with van der Waals surface area (Å²) in [4.78, 5) is 2.46. The van der Waals surface area contributed by atoms with E-state index in [9.17, 15) is 0 Å². The van der Waals surface area contributed by atoms with Crippen LogP contribution >= 0.6 is 0 Å². The standard InChI is InChI=1S/C15H31NO4/c1-14(19-12-9-17)5-6-15(2)13-16(8-11-20-15)7-4-10-18-3/h14,17H,4-13H2,1-3H3. The van der Waals surface area contributed by atoms with Gasteiger partial charge < -0.3 is 19.3 Å². The van der Waals surface area contributed by atoms with Gasteiger partial charge in [0.05, 0.1) is 31.5 Å². The molecule has 120 valence electrons. The van der Waals surface area contributed by atoms with Gasteiger partial charge in [-0.05, 0) is 33.1 Å². The molecule has 1 aliphatic heterocycles. The highest BCUT2D eigenvalue weighted by Crippen LogP contribution is 2.24. The minimum atomic E-state index is -0.0812. The lowest BCUT2D eigenvalue weighted by molar-refractivity contribution is -0.109. The summed E-state index contributed by atoms with van der Waals surface area (Å²) >= 11 is 0. The van der Waals surface area contributed by atoms with Crippen molar-refractivity contribution in [3.05, 3.63) is 0 Å². The van der Waals surface area contributed by atoms with Crippen LogP contribution in [0.5, 0.6) is 0 Å². The van der Waals surface area contributed by atoms with Gasteiger partial charge in [-0.25, -0.2) is 0 Å². The number of methoxy groups -OCH3 is 1. The highest BCUT2D eigenvalue weighted by molar-refractivity contribution is 4.84. The Morgan fingerprint density at radius 3 is 2.90 bits per heavy atom. The third-order valence-electron chi connectivity index (χ3n) is 3.81. The Balaban J connectivity index is 2.27. The second kappa shape index (κ2) is 9.68. The van der Waals surface area contributed by atoms with Crippen LogP contribution < -0.4 is 0 Å². The molecular weight excluding hydrogens is 258 g/mol. The zero-order valence-corrected chi connectivity index (χ0v) is 13.3. The van der Waals surface area contributed by atoms with Crippen molar-refractivity contribution in [3.63, 3.8) is 0 Å². The Bertz CT molecular complexity index is 252. The number of aliphatic hydroxyl groups excluding tert-OH is 1. The molecule has 0 aromatic carbocycles. The van der Waals surface area contributed by atoms with Gasteiger partial charge in [-0.15, -0.1) is 0 Å². The van der Waals surface area contributed by atoms with Crippen LogP contribution in [0.3, 0.4) is 0 Å². The number of nitrogens with zero attached hydrogens (tertiary/aromatic N) is 1. The molecule has 5 nitrogen and oxygen atoms in total. The Labute approximate surface area is 123 Å². The second-order valence-corrected chi connectivity index (χ2v) is 5.86. The number of hydrogen-bond donors (Lipinski definition) is 1. The quantitative estimate of drug-likeness (QED) is 0.614. The molecule has 1 fully saturated rings. The maximum Gasteiger partial charge on any atom is 0.0782 e. The first-order valence-corrected chi connectivity index (χ1v) is 7.67. The topological polar surface area (TPSA) is 51.2 Å². The Hall–Kier alpha value is -0.200. The van der Waals surface area contributed by atoms with Crippen molar-refractivity contribution in [2.24, 2.45) is 0 Å². The molecule has 2 atom stereocenters. The smallest absolute Gasteiger partial charge is 0.0782 e. The van der Waals surface area contributed by atoms with Crippen molar-refractivity contribution in [1.82, 2.24) is 4.90 Å². The van der Waals surface area contributed by atoms with Crippen molar-refractivity contribution in [1.29, 1.82) is 0 Å². The predicted octanol–water partition coefficient (Wildman–Crippen LogP) is 1.29. The SMILES string of the molecule is COCCCN1CCOC(C)(CCC(C)OCCO)C1. The van der Waals surface area contributed by atoms with Gasteiger partial charge in [0.15, 0.2) is 0 Å². The summed E-state index contributed by atoms with van der Waals surface area (Å²) in [6.45, 7) is 9.43. The molecule has 1 saturated heterocycles. The molecule has 5 heteroatoms. The molecule has 20 heavy (non-hydrogen) atoms. The summed E-state index contributed by atoms with van der Waals surface area (Å²) < 4.78 is 16.6. The Morgan fingerprint density at radius 1 is 1.40 bits per heavy atom. The maximum absolute atomic E-state index is 8.75. The van der Waals surface area contributed by atoms with Crippen LogP contribution in [0.2, 0.25) is 0 Å². The van der Waals surface area contributed by atoms with Gasteiger partial charge in [0.1, 0.15) is 0 Å². The minimum Gasteiger partial charge on any atom is -0.394 e. The van der Waals surface area contributed by atoms with E-state index in [4.69, 9.17) is 19.3 Å². The summed E-state index contributed by atoms with van der Waals surface area (Å²) in [6.07, 6.45) is 3.19. The summed E-state index contributed by atoms with van der Waals surface area (Å²) in [7, 11) is 1.75. The molecule has 2 unspecified atom stereocenters. The highest BCUT2D eigenvalue weighted by atomic mass is 16.5. The van der Waals surface area contributed by atoms with Gasteiger partial charge in [0.25, 0.3) is 0 Å². The zero-order valence-electron chi connectivity index (χ0n) is 13.3. The first-order valence-electron chi connectivity index (χ1n) is 7.67. The van der Waals surface area contributed by atoms with Crippen LogP contribution in [0, 0.1) is 0 Å². The molecule has 1 rings (SSSR count). The number of morpholine rings is 1. The molecule has 0 bridgehead atoms. The number of rotatable bonds is 10. The molecule has 0 amide bonds. The van der Waals surface area contributed by atoms with E-state index in [1.54, 1.807) is 7.11 Å². The molecule has 0 aliphatic carbocycles. The summed E-state index contributed by atoms with van der Waals surface area (Å²) in [6, 6.07) is 0. The van der Waals surface area contributed by atoms with E-state index < -0.39 is 0 Å². The van der Waals surface area contributed by atoms with Gasteiger partial charge in [-0.2, -0.15) is 0 Å². The first-order chi connectivity index (χ1) is 9.59. The van der Waals surface area contributed by atoms with E-state index in [1.165, 1.54) is 0 Å². The summed E-state index contributed by atoms with van der Waals surface area (Å²) in [5.41, 5.74) is -0.0812. The first kappa shape index (κ1) is 17.9. The van der Waals surface area contributed by atoms with Crippen molar-refractivity contribution < 1.29 is 19.3 Å². The van der Waals surface area contributed by atoms with Crippen molar-refractivity contribution >= 4 is 0 Å². The Kier molecular flexibility index (Phi) is 8.64. The van der Waals surface area contributed by atoms with Gasteiger partial charge in [-0.1, -0.05) is 0 Å². The highest BCUT2D eigenvalue weighted by Gasteiger charge is 2.31. The fraction of sp³-hybridized carbons (Fsp3) is 1.00. The number of aliphatic hydroxyl groups is 1. The third-order valence-corrected chi connectivity index (χ3v) is 3.81. The average molecular weight is 289 g/mol. The van der Waals surface area contributed by atoms with Crippen LogP contribution in [0.1, 0.15) is 33.1 Å². The number of hydrogen-bond acceptors (Lipinski definition) is 5.